The van der Waals surface area contributed by atoms with Crippen molar-refractivity contribution in [1.29, 1.82) is 0 Å². The van der Waals surface area contributed by atoms with E-state index in [1.165, 1.54) is 6.07 Å². The summed E-state index contributed by atoms with van der Waals surface area (Å²) in [6.45, 7) is 2.78. The van der Waals surface area contributed by atoms with E-state index >= 15 is 0 Å². The fourth-order valence-corrected chi connectivity index (χ4v) is 1.90. The number of benzene rings is 1. The minimum absolute atomic E-state index is 0.299. The molecule has 17 heavy (non-hydrogen) atoms. The number of hydrogen-bond acceptors (Lipinski definition) is 1. The number of halogens is 3. The predicted molar refractivity (Wildman–Crippen MR) is 60.8 cm³/mol. The zero-order chi connectivity index (χ0) is 12.5. The first kappa shape index (κ1) is 12.0. The van der Waals surface area contributed by atoms with Gasteiger partial charge in [-0.15, -0.1) is 0 Å². The molecule has 1 heterocycles. The third-order valence-corrected chi connectivity index (χ3v) is 2.91. The van der Waals surface area contributed by atoms with Gasteiger partial charge in [0, 0.05) is 24.3 Å². The van der Waals surface area contributed by atoms with Crippen molar-refractivity contribution >= 4 is 5.69 Å². The molecule has 0 saturated carbocycles. The molecule has 1 aliphatic rings. The lowest BCUT2D eigenvalue weighted by Gasteiger charge is -2.32. The molecule has 2 rings (SSSR count). The molecule has 1 aromatic rings. The summed E-state index contributed by atoms with van der Waals surface area (Å²) in [5.74, 6) is 0. The van der Waals surface area contributed by atoms with Crippen LogP contribution in [0.2, 0.25) is 0 Å². The molecule has 1 aromatic carbocycles. The fraction of sp³-hybridized carbons (Fsp3) is 0.385. The molecule has 0 spiro atoms. The lowest BCUT2D eigenvalue weighted by Crippen LogP contribution is -2.35. The van der Waals surface area contributed by atoms with E-state index in [0.717, 1.165) is 30.8 Å². The average Bonchev–Trinajstić information content (AvgIpc) is 2.29. The van der Waals surface area contributed by atoms with Gasteiger partial charge in [-0.2, -0.15) is 13.2 Å². The summed E-state index contributed by atoms with van der Waals surface area (Å²) < 4.78 is 37.2. The molecule has 0 aromatic heterocycles. The van der Waals surface area contributed by atoms with Crippen LogP contribution in [-0.4, -0.2) is 12.6 Å². The SMILES string of the molecule is CC1CC=CCN1c1[c]cc(C(F)(F)F)cc1. The Kier molecular flexibility index (Phi) is 3.13. The molecule has 1 nitrogen and oxygen atoms in total. The summed E-state index contributed by atoms with van der Waals surface area (Å²) in [6, 6.07) is 6.62. The topological polar surface area (TPSA) is 3.24 Å². The van der Waals surface area contributed by atoms with Gasteiger partial charge in [0.1, 0.15) is 0 Å². The van der Waals surface area contributed by atoms with Crippen LogP contribution in [0.4, 0.5) is 18.9 Å². The van der Waals surface area contributed by atoms with Crippen molar-refractivity contribution in [2.75, 3.05) is 11.4 Å². The van der Waals surface area contributed by atoms with Crippen molar-refractivity contribution in [1.82, 2.24) is 0 Å². The van der Waals surface area contributed by atoms with Crippen LogP contribution >= 0.6 is 0 Å². The molecule has 0 aliphatic carbocycles. The highest BCUT2D eigenvalue weighted by atomic mass is 19.4. The highest BCUT2D eigenvalue weighted by Gasteiger charge is 2.30. The first-order chi connectivity index (χ1) is 7.98. The summed E-state index contributed by atoms with van der Waals surface area (Å²) in [6.07, 6.45) is 0.730. The van der Waals surface area contributed by atoms with Gasteiger partial charge in [0.25, 0.3) is 0 Å². The van der Waals surface area contributed by atoms with E-state index in [9.17, 15) is 13.2 Å². The van der Waals surface area contributed by atoms with Crippen LogP contribution in [0.15, 0.2) is 30.4 Å². The van der Waals surface area contributed by atoms with Gasteiger partial charge < -0.3 is 4.90 Å². The molecule has 0 saturated heterocycles. The molecular weight excluding hydrogens is 227 g/mol. The number of hydrogen-bond donors (Lipinski definition) is 0. The molecule has 1 atom stereocenters. The Balaban J connectivity index is 2.21. The van der Waals surface area contributed by atoms with Crippen molar-refractivity contribution in [2.24, 2.45) is 0 Å². The van der Waals surface area contributed by atoms with Crippen molar-refractivity contribution in [3.05, 3.63) is 42.0 Å². The highest BCUT2D eigenvalue weighted by molar-refractivity contribution is 5.49. The minimum Gasteiger partial charge on any atom is -0.364 e. The Morgan fingerprint density at radius 3 is 2.59 bits per heavy atom. The van der Waals surface area contributed by atoms with E-state index in [1.807, 2.05) is 11.0 Å². The normalized spacial score (nSPS) is 20.7. The number of rotatable bonds is 1. The summed E-state index contributed by atoms with van der Waals surface area (Å²) >= 11 is 0. The van der Waals surface area contributed by atoms with E-state index in [2.05, 4.69) is 19.1 Å². The van der Waals surface area contributed by atoms with Gasteiger partial charge in [-0.05, 0) is 31.5 Å². The first-order valence-corrected chi connectivity index (χ1v) is 5.49. The van der Waals surface area contributed by atoms with Crippen molar-refractivity contribution < 1.29 is 13.2 Å². The summed E-state index contributed by atoms with van der Waals surface area (Å²) in [5, 5.41) is 0. The zero-order valence-electron chi connectivity index (χ0n) is 9.46. The number of anilines is 1. The van der Waals surface area contributed by atoms with Gasteiger partial charge in [0.2, 0.25) is 0 Å². The molecule has 0 amide bonds. The van der Waals surface area contributed by atoms with Crippen molar-refractivity contribution in [2.45, 2.75) is 25.6 Å². The Morgan fingerprint density at radius 2 is 2.06 bits per heavy atom. The third-order valence-electron chi connectivity index (χ3n) is 2.91. The number of alkyl halides is 3. The van der Waals surface area contributed by atoms with Crippen LogP contribution in [0.25, 0.3) is 0 Å². The quantitative estimate of drug-likeness (QED) is 0.677. The van der Waals surface area contributed by atoms with Crippen LogP contribution < -0.4 is 4.90 Å². The second-order valence-electron chi connectivity index (χ2n) is 4.17. The van der Waals surface area contributed by atoms with Crippen LogP contribution in [0.1, 0.15) is 18.9 Å². The zero-order valence-corrected chi connectivity index (χ0v) is 9.46. The third kappa shape index (κ3) is 2.62. The number of nitrogens with zero attached hydrogens (tertiary/aromatic N) is 1. The second-order valence-corrected chi connectivity index (χ2v) is 4.17. The second kappa shape index (κ2) is 4.43. The van der Waals surface area contributed by atoms with Crippen LogP contribution in [-0.2, 0) is 6.18 Å². The standard InChI is InChI=1S/C13H13F3N/c1-10-4-2-3-9-17(10)12-7-5-11(6-8-12)13(14,15)16/h2-3,5-7,10H,4,9H2,1H3. The first-order valence-electron chi connectivity index (χ1n) is 5.49. The molecule has 0 N–H and O–H groups in total. The highest BCUT2D eigenvalue weighted by Crippen LogP contribution is 2.31. The van der Waals surface area contributed by atoms with Gasteiger partial charge >= 0.3 is 6.18 Å². The molecule has 1 radical (unpaired) electrons. The summed E-state index contributed by atoms with van der Waals surface area (Å²) in [7, 11) is 0. The van der Waals surface area contributed by atoms with E-state index in [4.69, 9.17) is 0 Å². The Hall–Kier alpha value is -1.45. The molecule has 0 bridgehead atoms. The predicted octanol–water partition coefficient (Wildman–Crippen LogP) is 3.66. The maximum absolute atomic E-state index is 12.4. The molecule has 1 unspecified atom stereocenters. The monoisotopic (exact) mass is 240 g/mol. The van der Waals surface area contributed by atoms with E-state index < -0.39 is 11.7 Å². The maximum Gasteiger partial charge on any atom is 0.416 e. The van der Waals surface area contributed by atoms with Gasteiger partial charge in [-0.3, -0.25) is 0 Å². The molecule has 1 aliphatic heterocycles. The molecular formula is C13H13F3N. The van der Waals surface area contributed by atoms with E-state index in [0.29, 0.717) is 6.04 Å². The van der Waals surface area contributed by atoms with E-state index in [-0.39, 0.29) is 0 Å². The molecule has 91 valence electrons. The fourth-order valence-electron chi connectivity index (χ4n) is 1.90. The van der Waals surface area contributed by atoms with Crippen molar-refractivity contribution in [3.63, 3.8) is 0 Å². The van der Waals surface area contributed by atoms with Crippen molar-refractivity contribution in [3.8, 4) is 0 Å². The van der Waals surface area contributed by atoms with Crippen LogP contribution in [0.5, 0.6) is 0 Å². The minimum atomic E-state index is -4.29. The molecule has 0 fully saturated rings. The largest absolute Gasteiger partial charge is 0.416 e. The lowest BCUT2D eigenvalue weighted by molar-refractivity contribution is -0.137. The Morgan fingerprint density at radius 1 is 1.29 bits per heavy atom. The molecule has 4 heteroatoms. The summed E-state index contributed by atoms with van der Waals surface area (Å²) in [4.78, 5) is 2.04. The Bertz CT molecular complexity index is 406. The smallest absolute Gasteiger partial charge is 0.364 e. The summed E-state index contributed by atoms with van der Waals surface area (Å²) in [5.41, 5.74) is 0.0660. The van der Waals surface area contributed by atoms with E-state index in [1.54, 1.807) is 0 Å². The average molecular weight is 240 g/mol. The Labute approximate surface area is 98.5 Å². The van der Waals surface area contributed by atoms with Gasteiger partial charge in [-0.1, -0.05) is 12.2 Å². The van der Waals surface area contributed by atoms with Gasteiger partial charge in [-0.25, -0.2) is 0 Å². The maximum atomic E-state index is 12.4. The van der Waals surface area contributed by atoms with Gasteiger partial charge in [0.05, 0.1) is 5.56 Å². The lowest BCUT2D eigenvalue weighted by atomic mass is 10.1. The van der Waals surface area contributed by atoms with Crippen LogP contribution in [0.3, 0.4) is 0 Å². The van der Waals surface area contributed by atoms with Gasteiger partial charge in [0.15, 0.2) is 0 Å². The van der Waals surface area contributed by atoms with Crippen LogP contribution in [0, 0.1) is 6.07 Å².